The number of nitro benzene ring substituents is 1. The molecule has 3 amide bonds. The molecule has 9 nitrogen and oxygen atoms in total. The number of hydrogen-bond donors (Lipinski definition) is 1. The Hall–Kier alpha value is -2.81. The van der Waals surface area contributed by atoms with Crippen molar-refractivity contribution in [2.24, 2.45) is 0 Å². The molecule has 1 fully saturated rings. The first-order chi connectivity index (χ1) is 10.4. The molecule has 1 N–H and O–H groups in total. The van der Waals surface area contributed by atoms with Crippen LogP contribution < -0.4 is 0 Å². The fourth-order valence-corrected chi connectivity index (χ4v) is 2.43. The van der Waals surface area contributed by atoms with Gasteiger partial charge in [-0.2, -0.15) is 0 Å². The topological polar surface area (TPSA) is 121 Å². The van der Waals surface area contributed by atoms with Gasteiger partial charge in [-0.25, -0.2) is 0 Å². The van der Waals surface area contributed by atoms with Crippen LogP contribution in [-0.4, -0.2) is 63.3 Å². The van der Waals surface area contributed by atoms with Crippen LogP contribution in [0.1, 0.15) is 20.7 Å². The van der Waals surface area contributed by atoms with Crippen LogP contribution in [0.25, 0.3) is 0 Å². The lowest BCUT2D eigenvalue weighted by Crippen LogP contribution is -2.56. The molecule has 0 saturated carbocycles. The van der Waals surface area contributed by atoms with Crippen molar-refractivity contribution in [3.8, 4) is 0 Å². The Morgan fingerprint density at radius 3 is 2.50 bits per heavy atom. The Kier molecular flexibility index (Phi) is 3.14. The molecule has 1 aromatic rings. The van der Waals surface area contributed by atoms with Gasteiger partial charge in [0.15, 0.2) is 0 Å². The van der Waals surface area contributed by atoms with Crippen LogP contribution in [-0.2, 0) is 4.79 Å². The number of amides is 3. The van der Waals surface area contributed by atoms with Crippen molar-refractivity contribution in [3.05, 3.63) is 39.4 Å². The predicted molar refractivity (Wildman–Crippen MR) is 71.1 cm³/mol. The van der Waals surface area contributed by atoms with E-state index in [-0.39, 0.29) is 29.9 Å². The standard InChI is InChI=1S/C13H11N3O6/c17-8-4-14(5-8)11(18)6-15-12(19)9-2-1-7(16(21)22)3-10(9)13(15)20/h1-3,8,17H,4-6H2. The third-order valence-electron chi connectivity index (χ3n) is 3.67. The number of non-ortho nitro benzene ring substituents is 1. The van der Waals surface area contributed by atoms with Gasteiger partial charge in [-0.1, -0.05) is 0 Å². The first-order valence-electron chi connectivity index (χ1n) is 6.49. The second kappa shape index (κ2) is 4.88. The van der Waals surface area contributed by atoms with Crippen molar-refractivity contribution in [1.82, 2.24) is 9.80 Å². The van der Waals surface area contributed by atoms with Crippen molar-refractivity contribution in [2.75, 3.05) is 19.6 Å². The molecule has 9 heteroatoms. The summed E-state index contributed by atoms with van der Waals surface area (Å²) in [7, 11) is 0. The number of β-amino-alcohol motifs (C(OH)–C–C–N with tert-alkyl or cyclic N) is 1. The zero-order chi connectivity index (χ0) is 16.0. The van der Waals surface area contributed by atoms with E-state index in [1.807, 2.05) is 0 Å². The van der Waals surface area contributed by atoms with E-state index >= 15 is 0 Å². The normalized spacial score (nSPS) is 17.5. The zero-order valence-corrected chi connectivity index (χ0v) is 11.3. The number of nitrogens with zero attached hydrogens (tertiary/aromatic N) is 3. The molecule has 0 atom stereocenters. The summed E-state index contributed by atoms with van der Waals surface area (Å²) in [6.07, 6.45) is -0.575. The van der Waals surface area contributed by atoms with E-state index in [9.17, 15) is 24.5 Å². The quantitative estimate of drug-likeness (QED) is 0.452. The summed E-state index contributed by atoms with van der Waals surface area (Å²) in [6.45, 7) is -0.0895. The molecule has 22 heavy (non-hydrogen) atoms. The Balaban J connectivity index is 1.81. The average Bonchev–Trinajstić information content (AvgIpc) is 2.68. The molecule has 1 saturated heterocycles. The molecule has 0 aliphatic carbocycles. The summed E-state index contributed by atoms with van der Waals surface area (Å²) in [5.41, 5.74) is -0.318. The fraction of sp³-hybridized carbons (Fsp3) is 0.308. The van der Waals surface area contributed by atoms with Gasteiger partial charge >= 0.3 is 0 Å². The molecule has 2 aliphatic heterocycles. The third-order valence-corrected chi connectivity index (χ3v) is 3.67. The van der Waals surface area contributed by atoms with Crippen LogP contribution in [0.15, 0.2) is 18.2 Å². The summed E-state index contributed by atoms with van der Waals surface area (Å²) in [6, 6.07) is 3.39. The number of aliphatic hydroxyl groups excluding tert-OH is 1. The van der Waals surface area contributed by atoms with Crippen LogP contribution >= 0.6 is 0 Å². The van der Waals surface area contributed by atoms with E-state index in [0.717, 1.165) is 17.0 Å². The highest BCUT2D eigenvalue weighted by Gasteiger charge is 2.39. The lowest BCUT2D eigenvalue weighted by molar-refractivity contribution is -0.384. The first kappa shape index (κ1) is 14.1. The highest BCUT2D eigenvalue weighted by molar-refractivity contribution is 6.22. The molecular formula is C13H11N3O6. The Bertz CT molecular complexity index is 710. The summed E-state index contributed by atoms with van der Waals surface area (Å²) in [5, 5.41) is 19.9. The molecule has 0 aromatic heterocycles. The smallest absolute Gasteiger partial charge is 0.270 e. The van der Waals surface area contributed by atoms with Crippen molar-refractivity contribution < 1.29 is 24.4 Å². The number of hydrogen-bond acceptors (Lipinski definition) is 6. The molecular weight excluding hydrogens is 294 g/mol. The van der Waals surface area contributed by atoms with Gasteiger partial charge in [0.25, 0.3) is 17.5 Å². The molecule has 2 heterocycles. The van der Waals surface area contributed by atoms with Crippen LogP contribution in [0.3, 0.4) is 0 Å². The number of benzene rings is 1. The van der Waals surface area contributed by atoms with Crippen molar-refractivity contribution in [1.29, 1.82) is 0 Å². The van der Waals surface area contributed by atoms with Gasteiger partial charge in [0.1, 0.15) is 6.54 Å². The number of aliphatic hydroxyl groups is 1. The van der Waals surface area contributed by atoms with Gasteiger partial charge in [-0.15, -0.1) is 0 Å². The van der Waals surface area contributed by atoms with E-state index in [1.54, 1.807) is 0 Å². The predicted octanol–water partition coefficient (Wildman–Crippen LogP) is -0.606. The van der Waals surface area contributed by atoms with Crippen LogP contribution in [0.2, 0.25) is 0 Å². The summed E-state index contributed by atoms with van der Waals surface area (Å²) >= 11 is 0. The van der Waals surface area contributed by atoms with Gasteiger partial charge in [-0.05, 0) is 6.07 Å². The van der Waals surface area contributed by atoms with E-state index < -0.39 is 35.3 Å². The number of rotatable bonds is 3. The average molecular weight is 305 g/mol. The minimum atomic E-state index is -0.724. The monoisotopic (exact) mass is 305 g/mol. The Labute approximate surface area is 123 Å². The largest absolute Gasteiger partial charge is 0.389 e. The summed E-state index contributed by atoms with van der Waals surface area (Å²) in [4.78, 5) is 48.4. The minimum absolute atomic E-state index is 0.0482. The van der Waals surface area contributed by atoms with Crippen LogP contribution in [0.5, 0.6) is 0 Å². The lowest BCUT2D eigenvalue weighted by Gasteiger charge is -2.36. The van der Waals surface area contributed by atoms with Crippen molar-refractivity contribution in [3.63, 3.8) is 0 Å². The van der Waals surface area contributed by atoms with Crippen molar-refractivity contribution in [2.45, 2.75) is 6.10 Å². The second-order valence-electron chi connectivity index (χ2n) is 5.14. The Morgan fingerprint density at radius 1 is 1.27 bits per heavy atom. The molecule has 0 bridgehead atoms. The second-order valence-corrected chi connectivity index (χ2v) is 5.14. The fourth-order valence-electron chi connectivity index (χ4n) is 2.43. The first-order valence-corrected chi connectivity index (χ1v) is 6.49. The summed E-state index contributed by atoms with van der Waals surface area (Å²) < 4.78 is 0. The number of carbonyl (C=O) groups excluding carboxylic acids is 3. The minimum Gasteiger partial charge on any atom is -0.389 e. The number of imide groups is 1. The highest BCUT2D eigenvalue weighted by atomic mass is 16.6. The van der Waals surface area contributed by atoms with Gasteiger partial charge in [0.2, 0.25) is 5.91 Å². The van der Waals surface area contributed by atoms with Crippen molar-refractivity contribution >= 4 is 23.4 Å². The molecule has 2 aliphatic rings. The van der Waals surface area contributed by atoms with E-state index in [1.165, 1.54) is 11.0 Å². The maximum Gasteiger partial charge on any atom is 0.270 e. The van der Waals surface area contributed by atoms with Crippen LogP contribution in [0, 0.1) is 10.1 Å². The van der Waals surface area contributed by atoms with Gasteiger partial charge in [0.05, 0.1) is 22.2 Å². The summed E-state index contributed by atoms with van der Waals surface area (Å²) in [5.74, 6) is -1.82. The molecule has 0 unspecified atom stereocenters. The van der Waals surface area contributed by atoms with Gasteiger partial charge < -0.3 is 10.0 Å². The lowest BCUT2D eigenvalue weighted by atomic mass is 10.1. The zero-order valence-electron chi connectivity index (χ0n) is 11.3. The van der Waals surface area contributed by atoms with E-state index in [2.05, 4.69) is 0 Å². The molecule has 0 radical (unpaired) electrons. The maximum atomic E-state index is 12.2. The molecule has 3 rings (SSSR count). The number of fused-ring (bicyclic) bond motifs is 1. The van der Waals surface area contributed by atoms with E-state index in [4.69, 9.17) is 5.11 Å². The molecule has 114 valence electrons. The van der Waals surface area contributed by atoms with Crippen LogP contribution in [0.4, 0.5) is 5.69 Å². The number of nitro groups is 1. The molecule has 1 aromatic carbocycles. The van der Waals surface area contributed by atoms with Gasteiger partial charge in [-0.3, -0.25) is 29.4 Å². The maximum absolute atomic E-state index is 12.2. The van der Waals surface area contributed by atoms with E-state index in [0.29, 0.717) is 0 Å². The highest BCUT2D eigenvalue weighted by Crippen LogP contribution is 2.27. The van der Waals surface area contributed by atoms with Gasteiger partial charge in [0, 0.05) is 25.2 Å². The Morgan fingerprint density at radius 2 is 1.91 bits per heavy atom. The SMILES string of the molecule is O=C(CN1C(=O)c2ccc([N+](=O)[O-])cc2C1=O)N1CC(O)C1. The number of likely N-dealkylation sites (tertiary alicyclic amines) is 1. The molecule has 0 spiro atoms. The third kappa shape index (κ3) is 2.11. The number of carbonyl (C=O) groups is 3.